The van der Waals surface area contributed by atoms with E-state index in [1.54, 1.807) is 6.08 Å². The molecule has 17 atom stereocenters. The SMILES string of the molecule is CC/C=C\C/C=C\C/C=C\C/C=C\C/C=C\C/C=C\C/C=C\C/C=C\C/C=C\C/C=C\CCCCCCCCCCC(=O)NC(COC1OC(CO)C(OC2OC(CO)C(OC3OC(CO)C(O)C(O)C3O)C(O)C2O)C(O)C1O)C(O)/C=C/CC/C=C/CC/C=C/CCCCCCCCCCCCCCCCCC. The highest BCUT2D eigenvalue weighted by Gasteiger charge is 2.54. The first-order valence-corrected chi connectivity index (χ1v) is 42.7. The summed E-state index contributed by atoms with van der Waals surface area (Å²) >= 11 is 0. The van der Waals surface area contributed by atoms with Crippen molar-refractivity contribution in [1.82, 2.24) is 5.32 Å². The van der Waals surface area contributed by atoms with Gasteiger partial charge in [-0.15, -0.1) is 0 Å². The molecule has 12 N–H and O–H groups in total. The first-order valence-electron chi connectivity index (χ1n) is 42.7. The molecular formula is C91H151NO18. The molecule has 0 radical (unpaired) electrons. The van der Waals surface area contributed by atoms with E-state index in [4.69, 9.17) is 28.4 Å². The van der Waals surface area contributed by atoms with Crippen LogP contribution in [0.15, 0.2) is 158 Å². The van der Waals surface area contributed by atoms with E-state index in [9.17, 15) is 61.0 Å². The van der Waals surface area contributed by atoms with Crippen LogP contribution in [0.2, 0.25) is 0 Å². The molecule has 1 amide bonds. The smallest absolute Gasteiger partial charge is 0.220 e. The number of carbonyl (C=O) groups is 1. The molecule has 0 aromatic heterocycles. The monoisotopic (exact) mass is 1550 g/mol. The molecule has 3 fully saturated rings. The number of aliphatic hydroxyl groups is 11. The van der Waals surface area contributed by atoms with Gasteiger partial charge >= 0.3 is 0 Å². The van der Waals surface area contributed by atoms with Crippen molar-refractivity contribution >= 4 is 5.91 Å². The number of carbonyl (C=O) groups excluding carboxylic acids is 1. The van der Waals surface area contributed by atoms with E-state index in [-0.39, 0.29) is 18.9 Å². The minimum absolute atomic E-state index is 0.212. The van der Waals surface area contributed by atoms with Crippen LogP contribution in [0.25, 0.3) is 0 Å². The number of nitrogens with one attached hydrogen (secondary N) is 1. The minimum Gasteiger partial charge on any atom is -0.394 e. The first kappa shape index (κ1) is 99.6. The average Bonchev–Trinajstić information content (AvgIpc) is 0.780. The van der Waals surface area contributed by atoms with Crippen molar-refractivity contribution in [2.75, 3.05) is 26.4 Å². The van der Waals surface area contributed by atoms with Gasteiger partial charge in [0.1, 0.15) is 73.2 Å². The number of allylic oxidation sites excluding steroid dienone is 25. The zero-order chi connectivity index (χ0) is 79.5. The topological polar surface area (TPSA) is 307 Å². The molecular weight excluding hydrogens is 1390 g/mol. The molecule has 3 aliphatic heterocycles. The normalized spacial score (nSPS) is 26.0. The summed E-state index contributed by atoms with van der Waals surface area (Å²) in [5.41, 5.74) is 0. The molecule has 0 aliphatic carbocycles. The molecule has 3 aliphatic rings. The second-order valence-corrected chi connectivity index (χ2v) is 29.5. The molecule has 0 saturated carbocycles. The van der Waals surface area contributed by atoms with Crippen molar-refractivity contribution in [1.29, 1.82) is 0 Å². The Hall–Kier alpha value is -4.59. The Balaban J connectivity index is 1.37. The molecule has 19 heteroatoms. The number of aliphatic hydroxyl groups excluding tert-OH is 11. The van der Waals surface area contributed by atoms with E-state index in [2.05, 4.69) is 165 Å². The molecule has 17 unspecified atom stereocenters. The van der Waals surface area contributed by atoms with Crippen molar-refractivity contribution in [2.24, 2.45) is 0 Å². The van der Waals surface area contributed by atoms with Crippen LogP contribution >= 0.6 is 0 Å². The number of amides is 1. The molecule has 19 nitrogen and oxygen atoms in total. The van der Waals surface area contributed by atoms with Crippen LogP contribution in [0.5, 0.6) is 0 Å². The highest BCUT2D eigenvalue weighted by Crippen LogP contribution is 2.33. The maximum absolute atomic E-state index is 13.5. The lowest BCUT2D eigenvalue weighted by Gasteiger charge is -2.48. The molecule has 0 bridgehead atoms. The predicted octanol–water partition coefficient (Wildman–Crippen LogP) is 15.6. The fraction of sp³-hybridized carbons (Fsp3) is 0.703. The van der Waals surface area contributed by atoms with Gasteiger partial charge in [-0.2, -0.15) is 0 Å². The van der Waals surface area contributed by atoms with E-state index in [0.717, 1.165) is 135 Å². The van der Waals surface area contributed by atoms with Gasteiger partial charge in [0.05, 0.1) is 38.6 Å². The van der Waals surface area contributed by atoms with Crippen molar-refractivity contribution in [2.45, 2.75) is 381 Å². The van der Waals surface area contributed by atoms with Gasteiger partial charge in [0.2, 0.25) is 5.91 Å². The maximum atomic E-state index is 13.5. The van der Waals surface area contributed by atoms with Gasteiger partial charge in [-0.3, -0.25) is 4.79 Å². The van der Waals surface area contributed by atoms with Crippen molar-refractivity contribution < 1.29 is 89.4 Å². The van der Waals surface area contributed by atoms with Crippen LogP contribution in [0.3, 0.4) is 0 Å². The fourth-order valence-electron chi connectivity index (χ4n) is 13.3. The third-order valence-corrected chi connectivity index (χ3v) is 20.0. The highest BCUT2D eigenvalue weighted by molar-refractivity contribution is 5.76. The molecule has 0 aromatic rings. The minimum atomic E-state index is -1.99. The van der Waals surface area contributed by atoms with E-state index in [1.807, 2.05) is 6.08 Å². The third kappa shape index (κ3) is 47.3. The fourth-order valence-corrected chi connectivity index (χ4v) is 13.3. The summed E-state index contributed by atoms with van der Waals surface area (Å²) in [5.74, 6) is -0.303. The van der Waals surface area contributed by atoms with Crippen LogP contribution in [-0.4, -0.2) is 193 Å². The second-order valence-electron chi connectivity index (χ2n) is 29.5. The van der Waals surface area contributed by atoms with Gasteiger partial charge in [0, 0.05) is 6.42 Å². The lowest BCUT2D eigenvalue weighted by Crippen LogP contribution is -2.66. The summed E-state index contributed by atoms with van der Waals surface area (Å²) in [5, 5.41) is 121. The predicted molar refractivity (Wildman–Crippen MR) is 442 cm³/mol. The summed E-state index contributed by atoms with van der Waals surface area (Å²) in [4.78, 5) is 13.5. The Morgan fingerprint density at radius 2 is 0.636 bits per heavy atom. The van der Waals surface area contributed by atoms with Crippen LogP contribution in [-0.2, 0) is 33.2 Å². The highest BCUT2D eigenvalue weighted by atomic mass is 16.8. The summed E-state index contributed by atoms with van der Waals surface area (Å²) in [7, 11) is 0. The summed E-state index contributed by atoms with van der Waals surface area (Å²) in [6.07, 6.45) is 75.1. The second kappa shape index (κ2) is 68.8. The lowest BCUT2D eigenvalue weighted by atomic mass is 9.96. The zero-order valence-corrected chi connectivity index (χ0v) is 67.4. The van der Waals surface area contributed by atoms with Gasteiger partial charge in [0.15, 0.2) is 18.9 Å². The van der Waals surface area contributed by atoms with Gasteiger partial charge < -0.3 is 89.9 Å². The van der Waals surface area contributed by atoms with E-state index in [1.165, 1.54) is 109 Å². The van der Waals surface area contributed by atoms with Crippen LogP contribution in [0.4, 0.5) is 0 Å². The summed E-state index contributed by atoms with van der Waals surface area (Å²) < 4.78 is 34.4. The van der Waals surface area contributed by atoms with Crippen LogP contribution in [0.1, 0.15) is 277 Å². The Kier molecular flexibility index (Phi) is 62.3. The molecule has 110 heavy (non-hydrogen) atoms. The number of rotatable bonds is 66. The maximum Gasteiger partial charge on any atom is 0.220 e. The molecule has 628 valence electrons. The summed E-state index contributed by atoms with van der Waals surface area (Å²) in [6.45, 7) is 1.60. The quantitative estimate of drug-likeness (QED) is 0.0199. The molecule has 0 aromatic carbocycles. The van der Waals surface area contributed by atoms with E-state index in [0.29, 0.717) is 12.8 Å². The zero-order valence-electron chi connectivity index (χ0n) is 67.4. The van der Waals surface area contributed by atoms with Crippen molar-refractivity contribution in [3.05, 3.63) is 158 Å². The standard InChI is InChI=1S/C91H151NO18/c1-3-5-7-9-11-13-15-17-19-21-23-25-27-29-31-32-33-34-35-36-37-38-39-40-41-42-43-45-47-49-51-53-55-57-59-61-63-65-67-69-79(97)92-74(75(96)68-66-64-62-60-58-56-54-52-50-48-46-44-30-28-26-24-22-20-18-16-14-12-10-8-6-4-2)73-105-89-85(103)82(100)87(77(71-94)107-89)110-91-86(104)83(101)88(78(72-95)108-91)109-90-84(102)81(99)80(98)76(70-93)106-90/h5,7,11,13,17,19,23,25,29,31,33-34,36-37,39-40,42-43,47,49-50,52,58,60,66,68,74-78,80-91,93-96,98-104H,3-4,6,8-10,12,14-16,18,20-22,24,26-28,30,32,35,38,41,44-46,48,51,53-57,59,61-65,67,69-73H2,1-2H3,(H,92,97)/b7-5-,13-11-,19-17-,25-23-,31-29-,34-33-,37-36-,40-39-,43-42-,49-47-,52-50+,60-58+,68-66+. The number of ether oxygens (including phenoxy) is 6. The Bertz CT molecular complexity index is 2610. The largest absolute Gasteiger partial charge is 0.394 e. The third-order valence-electron chi connectivity index (χ3n) is 20.0. The van der Waals surface area contributed by atoms with Gasteiger partial charge in [-0.25, -0.2) is 0 Å². The number of hydrogen-bond donors (Lipinski definition) is 12. The van der Waals surface area contributed by atoms with Crippen molar-refractivity contribution in [3.63, 3.8) is 0 Å². The molecule has 0 spiro atoms. The van der Waals surface area contributed by atoms with Crippen molar-refractivity contribution in [3.8, 4) is 0 Å². The first-order chi connectivity index (χ1) is 53.8. The van der Waals surface area contributed by atoms with E-state index >= 15 is 0 Å². The van der Waals surface area contributed by atoms with Gasteiger partial charge in [-0.1, -0.05) is 307 Å². The number of hydrogen-bond acceptors (Lipinski definition) is 18. The van der Waals surface area contributed by atoms with E-state index < -0.39 is 124 Å². The molecule has 3 heterocycles. The lowest BCUT2D eigenvalue weighted by molar-refractivity contribution is -0.379. The van der Waals surface area contributed by atoms with Gasteiger partial charge in [0.25, 0.3) is 0 Å². The Labute approximate surface area is 663 Å². The summed E-state index contributed by atoms with van der Waals surface area (Å²) in [6, 6.07) is -1.01. The van der Waals surface area contributed by atoms with Crippen LogP contribution < -0.4 is 5.32 Å². The average molecular weight is 1550 g/mol. The van der Waals surface area contributed by atoms with Crippen LogP contribution in [0, 0.1) is 0 Å². The van der Waals surface area contributed by atoms with Gasteiger partial charge in [-0.05, 0) is 122 Å². The Morgan fingerprint density at radius 1 is 0.336 bits per heavy atom. The molecule has 3 rings (SSSR count). The molecule has 3 saturated heterocycles. The number of unbranched alkanes of at least 4 members (excludes halogenated alkanes) is 26. The Morgan fingerprint density at radius 3 is 1.02 bits per heavy atom.